The molecular formula is C13H10BNO. The summed E-state index contributed by atoms with van der Waals surface area (Å²) in [5, 5.41) is 0. The first-order chi connectivity index (χ1) is 7.83. The molecule has 2 nitrogen and oxygen atoms in total. The molecule has 0 aliphatic carbocycles. The van der Waals surface area contributed by atoms with Crippen molar-refractivity contribution in [1.82, 2.24) is 4.98 Å². The third-order valence-electron chi connectivity index (χ3n) is 2.56. The standard InChI is InChI=1S/C13H10BNO/c14-10-6-7-11-12(8-10)16-13(15-11)9-4-2-1-3-5-9/h1-8H,14H2. The van der Waals surface area contributed by atoms with Crippen molar-refractivity contribution in [3.05, 3.63) is 48.5 Å². The van der Waals surface area contributed by atoms with Crippen LogP contribution in [0.3, 0.4) is 0 Å². The Bertz CT molecular complexity index is 631. The largest absolute Gasteiger partial charge is 0.436 e. The maximum Gasteiger partial charge on any atom is 0.227 e. The van der Waals surface area contributed by atoms with Crippen molar-refractivity contribution in [2.24, 2.45) is 0 Å². The molecule has 2 aromatic carbocycles. The first-order valence-electron chi connectivity index (χ1n) is 5.25. The Labute approximate surface area is 94.3 Å². The van der Waals surface area contributed by atoms with E-state index < -0.39 is 0 Å². The van der Waals surface area contributed by atoms with Crippen LogP contribution in [-0.2, 0) is 0 Å². The van der Waals surface area contributed by atoms with E-state index in [9.17, 15) is 0 Å². The molecule has 0 N–H and O–H groups in total. The van der Waals surface area contributed by atoms with Gasteiger partial charge in [-0.25, -0.2) is 4.98 Å². The molecule has 0 fully saturated rings. The number of rotatable bonds is 1. The molecule has 3 heteroatoms. The van der Waals surface area contributed by atoms with Crippen LogP contribution >= 0.6 is 0 Å². The second-order valence-corrected chi connectivity index (χ2v) is 3.86. The zero-order valence-electron chi connectivity index (χ0n) is 8.97. The molecule has 0 atom stereocenters. The van der Waals surface area contributed by atoms with Crippen LogP contribution in [0.15, 0.2) is 52.9 Å². The van der Waals surface area contributed by atoms with Gasteiger partial charge in [-0.1, -0.05) is 29.7 Å². The average molecular weight is 207 g/mol. The molecule has 0 amide bonds. The van der Waals surface area contributed by atoms with E-state index in [1.165, 1.54) is 5.46 Å². The molecule has 0 radical (unpaired) electrons. The second-order valence-electron chi connectivity index (χ2n) is 3.86. The van der Waals surface area contributed by atoms with Crippen LogP contribution in [0.2, 0.25) is 0 Å². The van der Waals surface area contributed by atoms with E-state index in [0.29, 0.717) is 5.89 Å². The fraction of sp³-hybridized carbons (Fsp3) is 0. The van der Waals surface area contributed by atoms with Crippen LogP contribution in [-0.4, -0.2) is 12.8 Å². The van der Waals surface area contributed by atoms with E-state index in [-0.39, 0.29) is 0 Å². The Hall–Kier alpha value is -2.03. The molecule has 0 spiro atoms. The van der Waals surface area contributed by atoms with Gasteiger partial charge in [-0.15, -0.1) is 0 Å². The van der Waals surface area contributed by atoms with E-state index in [4.69, 9.17) is 4.42 Å². The summed E-state index contributed by atoms with van der Waals surface area (Å²) in [6.45, 7) is 0. The summed E-state index contributed by atoms with van der Waals surface area (Å²) in [5.41, 5.74) is 3.95. The number of aromatic nitrogens is 1. The molecule has 3 rings (SSSR count). The summed E-state index contributed by atoms with van der Waals surface area (Å²) < 4.78 is 5.72. The molecule has 0 bridgehead atoms. The third kappa shape index (κ3) is 1.50. The fourth-order valence-corrected chi connectivity index (χ4v) is 1.74. The Balaban J connectivity index is 2.19. The monoisotopic (exact) mass is 207 g/mol. The molecule has 0 saturated carbocycles. The minimum atomic E-state index is 0.682. The molecule has 1 aromatic heterocycles. The number of hydrogen-bond acceptors (Lipinski definition) is 2. The molecule has 0 saturated heterocycles. The Morgan fingerprint density at radius 3 is 2.62 bits per heavy atom. The number of nitrogens with zero attached hydrogens (tertiary/aromatic N) is 1. The predicted molar refractivity (Wildman–Crippen MR) is 67.6 cm³/mol. The first-order valence-corrected chi connectivity index (χ1v) is 5.25. The van der Waals surface area contributed by atoms with Gasteiger partial charge in [0.2, 0.25) is 5.89 Å². The second kappa shape index (κ2) is 3.52. The van der Waals surface area contributed by atoms with Gasteiger partial charge >= 0.3 is 0 Å². The van der Waals surface area contributed by atoms with Crippen LogP contribution in [0, 0.1) is 0 Å². The molecule has 0 unspecified atom stereocenters. The quantitative estimate of drug-likeness (QED) is 0.568. The molecule has 0 aliphatic rings. The summed E-state index contributed by atoms with van der Waals surface area (Å²) in [6, 6.07) is 16.0. The summed E-state index contributed by atoms with van der Waals surface area (Å²) >= 11 is 0. The molecule has 0 aliphatic heterocycles. The van der Waals surface area contributed by atoms with Crippen LogP contribution < -0.4 is 5.46 Å². The minimum Gasteiger partial charge on any atom is -0.436 e. The number of fused-ring (bicyclic) bond motifs is 1. The van der Waals surface area contributed by atoms with Crippen LogP contribution in [0.5, 0.6) is 0 Å². The summed E-state index contributed by atoms with van der Waals surface area (Å²) in [5.74, 6) is 0.682. The Kier molecular flexibility index (Phi) is 2.03. The average Bonchev–Trinajstić information content (AvgIpc) is 2.73. The van der Waals surface area contributed by atoms with E-state index in [0.717, 1.165) is 16.7 Å². The van der Waals surface area contributed by atoms with Gasteiger partial charge < -0.3 is 4.42 Å². The van der Waals surface area contributed by atoms with E-state index in [1.807, 2.05) is 56.4 Å². The maximum absolute atomic E-state index is 5.72. The number of hydrogen-bond donors (Lipinski definition) is 0. The normalized spacial score (nSPS) is 10.8. The highest BCUT2D eigenvalue weighted by Gasteiger charge is 2.06. The lowest BCUT2D eigenvalue weighted by Gasteiger charge is -1.91. The molecule has 76 valence electrons. The van der Waals surface area contributed by atoms with Gasteiger partial charge in [0.05, 0.1) is 0 Å². The topological polar surface area (TPSA) is 26.0 Å². The number of benzene rings is 2. The van der Waals surface area contributed by atoms with Gasteiger partial charge in [0.15, 0.2) is 5.58 Å². The zero-order valence-corrected chi connectivity index (χ0v) is 8.97. The van der Waals surface area contributed by atoms with Crippen LogP contribution in [0.25, 0.3) is 22.6 Å². The van der Waals surface area contributed by atoms with Gasteiger partial charge in [-0.3, -0.25) is 0 Å². The van der Waals surface area contributed by atoms with Crippen molar-refractivity contribution < 1.29 is 4.42 Å². The molecular weight excluding hydrogens is 197 g/mol. The fourth-order valence-electron chi connectivity index (χ4n) is 1.74. The van der Waals surface area contributed by atoms with Crippen molar-refractivity contribution in [2.45, 2.75) is 0 Å². The predicted octanol–water partition coefficient (Wildman–Crippen LogP) is 1.75. The van der Waals surface area contributed by atoms with Gasteiger partial charge in [0.25, 0.3) is 0 Å². The lowest BCUT2D eigenvalue weighted by molar-refractivity contribution is 0.620. The molecule has 16 heavy (non-hydrogen) atoms. The van der Waals surface area contributed by atoms with Crippen molar-refractivity contribution in [2.75, 3.05) is 0 Å². The Morgan fingerprint density at radius 1 is 1.00 bits per heavy atom. The van der Waals surface area contributed by atoms with Gasteiger partial charge in [0.1, 0.15) is 13.4 Å². The van der Waals surface area contributed by atoms with E-state index >= 15 is 0 Å². The van der Waals surface area contributed by atoms with Gasteiger partial charge in [-0.2, -0.15) is 0 Å². The van der Waals surface area contributed by atoms with Gasteiger partial charge in [0, 0.05) is 5.56 Å². The zero-order chi connectivity index (χ0) is 11.0. The summed E-state index contributed by atoms with van der Waals surface area (Å²) in [4.78, 5) is 4.46. The number of oxazole rings is 1. The lowest BCUT2D eigenvalue weighted by Crippen LogP contribution is -1.98. The lowest BCUT2D eigenvalue weighted by atomic mass is 9.96. The van der Waals surface area contributed by atoms with E-state index in [2.05, 4.69) is 4.98 Å². The highest BCUT2D eigenvalue weighted by atomic mass is 16.3. The highest BCUT2D eigenvalue weighted by molar-refractivity contribution is 6.33. The molecule has 3 aromatic rings. The van der Waals surface area contributed by atoms with Crippen molar-refractivity contribution in [3.8, 4) is 11.5 Å². The summed E-state index contributed by atoms with van der Waals surface area (Å²) in [7, 11) is 2.05. The first kappa shape index (κ1) is 9.22. The Morgan fingerprint density at radius 2 is 1.81 bits per heavy atom. The third-order valence-corrected chi connectivity index (χ3v) is 2.56. The minimum absolute atomic E-state index is 0.682. The summed E-state index contributed by atoms with van der Waals surface area (Å²) in [6.07, 6.45) is 0. The highest BCUT2D eigenvalue weighted by Crippen LogP contribution is 2.22. The van der Waals surface area contributed by atoms with Gasteiger partial charge in [-0.05, 0) is 24.3 Å². The SMILES string of the molecule is Bc1ccc2nc(-c3ccccc3)oc2c1. The van der Waals surface area contributed by atoms with Crippen LogP contribution in [0.1, 0.15) is 0 Å². The molecule has 1 heterocycles. The van der Waals surface area contributed by atoms with Crippen molar-refractivity contribution >= 4 is 24.4 Å². The van der Waals surface area contributed by atoms with E-state index in [1.54, 1.807) is 0 Å². The van der Waals surface area contributed by atoms with Crippen molar-refractivity contribution in [1.29, 1.82) is 0 Å². The van der Waals surface area contributed by atoms with Crippen LogP contribution in [0.4, 0.5) is 0 Å². The maximum atomic E-state index is 5.72. The smallest absolute Gasteiger partial charge is 0.227 e. The van der Waals surface area contributed by atoms with Crippen molar-refractivity contribution in [3.63, 3.8) is 0 Å².